The van der Waals surface area contributed by atoms with Crippen molar-refractivity contribution in [2.45, 2.75) is 6.92 Å². The highest BCUT2D eigenvalue weighted by molar-refractivity contribution is 7.17. The standard InChI is InChI=1S/C14H13FN2OS/c1-9-13(19-14(16-2)17-9)12(18)7-6-10-4-3-5-11(15)8-10/h3-8H,1-2H3,(H,16,17)/b7-6+. The fourth-order valence-corrected chi connectivity index (χ4v) is 2.43. The number of nitrogens with zero attached hydrogens (tertiary/aromatic N) is 1. The minimum absolute atomic E-state index is 0.124. The number of carbonyl (C=O) groups is 1. The molecule has 2 rings (SSSR count). The Labute approximate surface area is 114 Å². The Balaban J connectivity index is 2.18. The van der Waals surface area contributed by atoms with Gasteiger partial charge in [-0.3, -0.25) is 4.79 Å². The van der Waals surface area contributed by atoms with Crippen LogP contribution in [0.2, 0.25) is 0 Å². The van der Waals surface area contributed by atoms with E-state index in [1.807, 2.05) is 0 Å². The molecule has 0 aliphatic rings. The Morgan fingerprint density at radius 3 is 2.89 bits per heavy atom. The largest absolute Gasteiger partial charge is 0.365 e. The number of halogens is 1. The Hall–Kier alpha value is -2.01. The van der Waals surface area contributed by atoms with Crippen LogP contribution in [-0.4, -0.2) is 17.8 Å². The Morgan fingerprint density at radius 1 is 1.47 bits per heavy atom. The molecule has 1 aromatic heterocycles. The number of carbonyl (C=O) groups excluding carboxylic acids is 1. The highest BCUT2D eigenvalue weighted by Gasteiger charge is 2.12. The van der Waals surface area contributed by atoms with Gasteiger partial charge in [0.25, 0.3) is 0 Å². The minimum atomic E-state index is -0.318. The third-order valence-electron chi connectivity index (χ3n) is 2.51. The first-order valence-corrected chi connectivity index (χ1v) is 6.55. The van der Waals surface area contributed by atoms with Crippen LogP contribution >= 0.6 is 11.3 Å². The Bertz CT molecular complexity index is 634. The summed E-state index contributed by atoms with van der Waals surface area (Å²) < 4.78 is 13.0. The number of hydrogen-bond acceptors (Lipinski definition) is 4. The first-order chi connectivity index (χ1) is 9.10. The zero-order valence-electron chi connectivity index (χ0n) is 10.6. The van der Waals surface area contributed by atoms with Gasteiger partial charge in [-0.2, -0.15) is 0 Å². The van der Waals surface area contributed by atoms with Crippen molar-refractivity contribution in [3.63, 3.8) is 0 Å². The molecule has 98 valence electrons. The quantitative estimate of drug-likeness (QED) is 0.686. The van der Waals surface area contributed by atoms with E-state index in [0.29, 0.717) is 21.3 Å². The van der Waals surface area contributed by atoms with Gasteiger partial charge in [0.05, 0.1) is 10.6 Å². The summed E-state index contributed by atoms with van der Waals surface area (Å²) in [5.74, 6) is -0.443. The maximum absolute atomic E-state index is 13.0. The monoisotopic (exact) mass is 276 g/mol. The molecule has 0 bridgehead atoms. The fourth-order valence-electron chi connectivity index (χ4n) is 1.59. The van der Waals surface area contributed by atoms with Gasteiger partial charge in [0, 0.05) is 7.05 Å². The molecule has 1 N–H and O–H groups in total. The average Bonchev–Trinajstić information content (AvgIpc) is 2.77. The zero-order chi connectivity index (χ0) is 13.8. The van der Waals surface area contributed by atoms with E-state index in [0.717, 1.165) is 0 Å². The molecule has 0 radical (unpaired) electrons. The lowest BCUT2D eigenvalue weighted by molar-refractivity contribution is 0.105. The predicted molar refractivity (Wildman–Crippen MR) is 76.2 cm³/mol. The summed E-state index contributed by atoms with van der Waals surface area (Å²) >= 11 is 1.31. The molecule has 0 amide bonds. The second-order valence-electron chi connectivity index (χ2n) is 3.94. The van der Waals surface area contributed by atoms with Crippen LogP contribution in [0.25, 0.3) is 6.08 Å². The number of nitrogens with one attached hydrogen (secondary N) is 1. The molecule has 0 unspecified atom stereocenters. The van der Waals surface area contributed by atoms with Crippen LogP contribution in [0.1, 0.15) is 20.9 Å². The van der Waals surface area contributed by atoms with E-state index in [9.17, 15) is 9.18 Å². The lowest BCUT2D eigenvalue weighted by atomic mass is 10.2. The van der Waals surface area contributed by atoms with Crippen molar-refractivity contribution in [2.24, 2.45) is 0 Å². The number of thiazole rings is 1. The summed E-state index contributed by atoms with van der Waals surface area (Å²) in [6, 6.07) is 6.09. The van der Waals surface area contributed by atoms with Gasteiger partial charge in [0.1, 0.15) is 5.82 Å². The van der Waals surface area contributed by atoms with E-state index in [1.54, 1.807) is 32.2 Å². The summed E-state index contributed by atoms with van der Waals surface area (Å²) in [7, 11) is 1.76. The van der Waals surface area contributed by atoms with Gasteiger partial charge in [0.2, 0.25) is 0 Å². The molecule has 1 aromatic carbocycles. The zero-order valence-corrected chi connectivity index (χ0v) is 11.4. The molecule has 19 heavy (non-hydrogen) atoms. The van der Waals surface area contributed by atoms with Gasteiger partial charge in [-0.15, -0.1) is 0 Å². The first kappa shape index (κ1) is 13.4. The van der Waals surface area contributed by atoms with Crippen molar-refractivity contribution >= 4 is 28.3 Å². The highest BCUT2D eigenvalue weighted by Crippen LogP contribution is 2.23. The maximum atomic E-state index is 13.0. The molecule has 3 nitrogen and oxygen atoms in total. The van der Waals surface area contributed by atoms with Gasteiger partial charge < -0.3 is 5.32 Å². The summed E-state index contributed by atoms with van der Waals surface area (Å²) in [5, 5.41) is 3.61. The van der Waals surface area contributed by atoms with E-state index in [4.69, 9.17) is 0 Å². The molecule has 0 atom stereocenters. The lowest BCUT2D eigenvalue weighted by Crippen LogP contribution is -1.93. The van der Waals surface area contributed by atoms with Crippen LogP contribution in [0.3, 0.4) is 0 Å². The molecule has 0 saturated heterocycles. The highest BCUT2D eigenvalue weighted by atomic mass is 32.1. The van der Waals surface area contributed by atoms with Crippen LogP contribution in [0.4, 0.5) is 9.52 Å². The van der Waals surface area contributed by atoms with Crippen LogP contribution in [0.5, 0.6) is 0 Å². The van der Waals surface area contributed by atoms with E-state index >= 15 is 0 Å². The van der Waals surface area contributed by atoms with Crippen molar-refractivity contribution < 1.29 is 9.18 Å². The van der Waals surface area contributed by atoms with Gasteiger partial charge in [0.15, 0.2) is 10.9 Å². The van der Waals surface area contributed by atoms with Crippen molar-refractivity contribution in [2.75, 3.05) is 12.4 Å². The molecule has 2 aromatic rings. The average molecular weight is 276 g/mol. The maximum Gasteiger partial charge on any atom is 0.197 e. The van der Waals surface area contributed by atoms with Crippen molar-refractivity contribution in [1.82, 2.24) is 4.98 Å². The number of hydrogen-bond donors (Lipinski definition) is 1. The van der Waals surface area contributed by atoms with Crippen LogP contribution < -0.4 is 5.32 Å². The topological polar surface area (TPSA) is 42.0 Å². The molecule has 5 heteroatoms. The van der Waals surface area contributed by atoms with Crippen LogP contribution in [0.15, 0.2) is 30.3 Å². The molecular formula is C14H13FN2OS. The second-order valence-corrected chi connectivity index (χ2v) is 4.94. The van der Waals surface area contributed by atoms with Gasteiger partial charge >= 0.3 is 0 Å². The molecule has 0 aliphatic heterocycles. The summed E-state index contributed by atoms with van der Waals surface area (Å²) in [6.07, 6.45) is 3.04. The van der Waals surface area contributed by atoms with Gasteiger partial charge in [-0.25, -0.2) is 9.37 Å². The van der Waals surface area contributed by atoms with E-state index in [2.05, 4.69) is 10.3 Å². The lowest BCUT2D eigenvalue weighted by Gasteiger charge is -1.94. The number of aryl methyl sites for hydroxylation is 1. The SMILES string of the molecule is CNc1nc(C)c(C(=O)/C=C/c2cccc(F)c2)s1. The predicted octanol–water partition coefficient (Wildman–Crippen LogP) is 3.53. The number of allylic oxidation sites excluding steroid dienone is 1. The summed E-state index contributed by atoms with van der Waals surface area (Å²) in [6.45, 7) is 1.79. The smallest absolute Gasteiger partial charge is 0.197 e. The number of ketones is 1. The van der Waals surface area contributed by atoms with E-state index in [-0.39, 0.29) is 11.6 Å². The molecule has 0 fully saturated rings. The minimum Gasteiger partial charge on any atom is -0.365 e. The summed E-state index contributed by atoms with van der Waals surface area (Å²) in [5.41, 5.74) is 1.35. The number of rotatable bonds is 4. The summed E-state index contributed by atoms with van der Waals surface area (Å²) in [4.78, 5) is 16.8. The van der Waals surface area contributed by atoms with Crippen molar-refractivity contribution in [3.8, 4) is 0 Å². The molecule has 0 saturated carbocycles. The van der Waals surface area contributed by atoms with E-state index < -0.39 is 0 Å². The van der Waals surface area contributed by atoms with Crippen LogP contribution in [0, 0.1) is 12.7 Å². The Kier molecular flexibility index (Phi) is 4.06. The third kappa shape index (κ3) is 3.26. The number of anilines is 1. The van der Waals surface area contributed by atoms with Gasteiger partial charge in [-0.1, -0.05) is 29.5 Å². The normalized spacial score (nSPS) is 10.9. The number of aromatic nitrogens is 1. The first-order valence-electron chi connectivity index (χ1n) is 5.73. The fraction of sp³-hybridized carbons (Fsp3) is 0.143. The van der Waals surface area contributed by atoms with Gasteiger partial charge in [-0.05, 0) is 30.7 Å². The third-order valence-corrected chi connectivity index (χ3v) is 3.70. The molecule has 0 aliphatic carbocycles. The van der Waals surface area contributed by atoms with Crippen molar-refractivity contribution in [3.05, 3.63) is 52.3 Å². The molecule has 0 spiro atoms. The van der Waals surface area contributed by atoms with Crippen molar-refractivity contribution in [1.29, 1.82) is 0 Å². The molecule has 1 heterocycles. The Morgan fingerprint density at radius 2 is 2.26 bits per heavy atom. The number of benzene rings is 1. The molecular weight excluding hydrogens is 263 g/mol. The van der Waals surface area contributed by atoms with E-state index in [1.165, 1.54) is 29.5 Å². The van der Waals surface area contributed by atoms with Crippen LogP contribution in [-0.2, 0) is 0 Å². The second kappa shape index (κ2) is 5.75.